The summed E-state index contributed by atoms with van der Waals surface area (Å²) in [6.07, 6.45) is 0.415. The molecule has 1 heterocycles. The Labute approximate surface area is 63.6 Å². The molecule has 1 aromatic heterocycles. The van der Waals surface area contributed by atoms with Crippen molar-refractivity contribution in [2.75, 3.05) is 5.32 Å². The lowest BCUT2D eigenvalue weighted by Crippen LogP contribution is -2.10. The molecule has 6 nitrogen and oxygen atoms in total. The molecule has 1 aromatic rings. The van der Waals surface area contributed by atoms with Gasteiger partial charge in [0, 0.05) is 6.42 Å². The molecule has 1 amide bonds. The van der Waals surface area contributed by atoms with Crippen LogP contribution in [0.3, 0.4) is 0 Å². The van der Waals surface area contributed by atoms with Crippen LogP contribution in [0.5, 0.6) is 0 Å². The summed E-state index contributed by atoms with van der Waals surface area (Å²) in [5.74, 6) is 0.136. The zero-order valence-corrected chi connectivity index (χ0v) is 6.40. The van der Waals surface area contributed by atoms with Gasteiger partial charge in [0.15, 0.2) is 0 Å². The summed E-state index contributed by atoms with van der Waals surface area (Å²) in [4.78, 5) is 12.0. The molecule has 0 aliphatic rings. The molecule has 0 spiro atoms. The molecule has 6 heteroatoms. The number of anilines is 1. The maximum absolute atomic E-state index is 10.8. The van der Waals surface area contributed by atoms with E-state index in [1.54, 1.807) is 14.0 Å². The van der Waals surface area contributed by atoms with Gasteiger partial charge < -0.3 is 0 Å². The fraction of sp³-hybridized carbons (Fsp3) is 0.600. The SMILES string of the molecule is CCC(=O)Nc1nnn(C)n1. The van der Waals surface area contributed by atoms with Crippen molar-refractivity contribution in [3.05, 3.63) is 0 Å². The highest BCUT2D eigenvalue weighted by atomic mass is 16.1. The molecule has 11 heavy (non-hydrogen) atoms. The van der Waals surface area contributed by atoms with Crippen LogP contribution in [0.2, 0.25) is 0 Å². The van der Waals surface area contributed by atoms with Gasteiger partial charge >= 0.3 is 0 Å². The Morgan fingerprint density at radius 1 is 1.73 bits per heavy atom. The lowest BCUT2D eigenvalue weighted by molar-refractivity contribution is -0.115. The zero-order valence-electron chi connectivity index (χ0n) is 6.40. The molecule has 0 radical (unpaired) electrons. The molecular weight excluding hydrogens is 146 g/mol. The van der Waals surface area contributed by atoms with Gasteiger partial charge in [-0.25, -0.2) is 0 Å². The van der Waals surface area contributed by atoms with Crippen molar-refractivity contribution >= 4 is 11.9 Å². The van der Waals surface area contributed by atoms with Crippen LogP contribution in [-0.2, 0) is 11.8 Å². The minimum Gasteiger partial charge on any atom is -0.292 e. The van der Waals surface area contributed by atoms with E-state index in [-0.39, 0.29) is 11.9 Å². The summed E-state index contributed by atoms with van der Waals surface area (Å²) in [5, 5.41) is 13.3. The van der Waals surface area contributed by atoms with Crippen molar-refractivity contribution in [1.29, 1.82) is 0 Å². The number of carbonyl (C=O) groups excluding carboxylic acids is 1. The quantitative estimate of drug-likeness (QED) is 0.628. The summed E-state index contributed by atoms with van der Waals surface area (Å²) < 4.78 is 0. The second-order valence-electron chi connectivity index (χ2n) is 2.00. The van der Waals surface area contributed by atoms with Crippen LogP contribution < -0.4 is 5.32 Å². The van der Waals surface area contributed by atoms with Crippen LogP contribution in [0.15, 0.2) is 0 Å². The van der Waals surface area contributed by atoms with Crippen LogP contribution in [-0.4, -0.2) is 26.1 Å². The molecule has 60 valence electrons. The number of aromatic nitrogens is 4. The maximum atomic E-state index is 10.8. The average molecular weight is 155 g/mol. The van der Waals surface area contributed by atoms with E-state index in [2.05, 4.69) is 20.7 Å². The first-order chi connectivity index (χ1) is 5.22. The van der Waals surface area contributed by atoms with E-state index in [1.165, 1.54) is 4.80 Å². The van der Waals surface area contributed by atoms with Crippen molar-refractivity contribution < 1.29 is 4.79 Å². The third-order valence-electron chi connectivity index (χ3n) is 1.08. The molecule has 0 aliphatic heterocycles. The molecule has 0 atom stereocenters. The van der Waals surface area contributed by atoms with Crippen LogP contribution in [0.1, 0.15) is 13.3 Å². The van der Waals surface area contributed by atoms with E-state index in [4.69, 9.17) is 0 Å². The van der Waals surface area contributed by atoms with Gasteiger partial charge in [0.2, 0.25) is 5.91 Å². The molecule has 1 N–H and O–H groups in total. The molecule has 0 bridgehead atoms. The fourth-order valence-electron chi connectivity index (χ4n) is 0.547. The summed E-state index contributed by atoms with van der Waals surface area (Å²) in [7, 11) is 1.63. The first kappa shape index (κ1) is 7.64. The van der Waals surface area contributed by atoms with Gasteiger partial charge in [0.25, 0.3) is 5.95 Å². The number of carbonyl (C=O) groups is 1. The summed E-state index contributed by atoms with van der Waals surface area (Å²) in [6, 6.07) is 0. The number of tetrazole rings is 1. The molecule has 0 aliphatic carbocycles. The Hall–Kier alpha value is -1.46. The average Bonchev–Trinajstić information content (AvgIpc) is 2.35. The van der Waals surface area contributed by atoms with E-state index in [0.717, 1.165) is 0 Å². The number of nitrogens with one attached hydrogen (secondary N) is 1. The standard InChI is InChI=1S/C5H9N5O/c1-3-4(11)6-5-7-9-10(2)8-5/h3H2,1-2H3,(H,6,8,11). The first-order valence-corrected chi connectivity index (χ1v) is 3.26. The predicted octanol–water partition coefficient (Wildman–Crippen LogP) is -0.441. The highest BCUT2D eigenvalue weighted by Gasteiger charge is 2.02. The van der Waals surface area contributed by atoms with E-state index in [9.17, 15) is 4.79 Å². The van der Waals surface area contributed by atoms with Crippen molar-refractivity contribution in [2.45, 2.75) is 13.3 Å². The number of hydrogen-bond donors (Lipinski definition) is 1. The van der Waals surface area contributed by atoms with E-state index >= 15 is 0 Å². The topological polar surface area (TPSA) is 72.7 Å². The van der Waals surface area contributed by atoms with E-state index < -0.39 is 0 Å². The Morgan fingerprint density at radius 2 is 2.45 bits per heavy atom. The van der Waals surface area contributed by atoms with Gasteiger partial charge in [-0.1, -0.05) is 12.0 Å². The van der Waals surface area contributed by atoms with Crippen molar-refractivity contribution in [2.24, 2.45) is 7.05 Å². The van der Waals surface area contributed by atoms with Crippen LogP contribution in [0.25, 0.3) is 0 Å². The molecule has 0 unspecified atom stereocenters. The van der Waals surface area contributed by atoms with E-state index in [1.807, 2.05) is 0 Å². The second kappa shape index (κ2) is 3.09. The molecular formula is C5H9N5O. The van der Waals surface area contributed by atoms with Gasteiger partial charge in [0.1, 0.15) is 0 Å². The Bertz CT molecular complexity index is 255. The monoisotopic (exact) mass is 155 g/mol. The highest BCUT2D eigenvalue weighted by Crippen LogP contribution is 1.92. The third-order valence-corrected chi connectivity index (χ3v) is 1.08. The number of rotatable bonds is 2. The number of amides is 1. The van der Waals surface area contributed by atoms with Gasteiger partial charge in [-0.15, -0.1) is 5.10 Å². The number of hydrogen-bond acceptors (Lipinski definition) is 4. The summed E-state index contributed by atoms with van der Waals surface area (Å²) in [5.41, 5.74) is 0. The van der Waals surface area contributed by atoms with Crippen LogP contribution in [0.4, 0.5) is 5.95 Å². The Morgan fingerprint density at radius 3 is 2.91 bits per heavy atom. The number of nitrogens with zero attached hydrogens (tertiary/aromatic N) is 4. The Balaban J connectivity index is 2.57. The van der Waals surface area contributed by atoms with Crippen LogP contribution >= 0.6 is 0 Å². The van der Waals surface area contributed by atoms with Crippen molar-refractivity contribution in [3.8, 4) is 0 Å². The molecule has 1 rings (SSSR count). The first-order valence-electron chi connectivity index (χ1n) is 3.26. The Kier molecular flexibility index (Phi) is 2.15. The van der Waals surface area contributed by atoms with Crippen molar-refractivity contribution in [1.82, 2.24) is 20.2 Å². The largest absolute Gasteiger partial charge is 0.292 e. The summed E-state index contributed by atoms with van der Waals surface area (Å²) in [6.45, 7) is 1.76. The lowest BCUT2D eigenvalue weighted by atomic mass is 10.5. The zero-order chi connectivity index (χ0) is 8.27. The minimum absolute atomic E-state index is 0.113. The van der Waals surface area contributed by atoms with Crippen molar-refractivity contribution in [3.63, 3.8) is 0 Å². The molecule has 0 fully saturated rings. The number of aryl methyl sites for hydroxylation is 1. The fourth-order valence-corrected chi connectivity index (χ4v) is 0.547. The summed E-state index contributed by atoms with van der Waals surface area (Å²) >= 11 is 0. The van der Waals surface area contributed by atoms with Gasteiger partial charge in [0.05, 0.1) is 7.05 Å². The van der Waals surface area contributed by atoms with Gasteiger partial charge in [-0.3, -0.25) is 10.1 Å². The maximum Gasteiger partial charge on any atom is 0.270 e. The highest BCUT2D eigenvalue weighted by molar-refractivity contribution is 5.88. The van der Waals surface area contributed by atoms with Crippen LogP contribution in [0, 0.1) is 0 Å². The third kappa shape index (κ3) is 1.99. The second-order valence-corrected chi connectivity index (χ2v) is 2.00. The molecule has 0 saturated heterocycles. The molecule has 0 saturated carbocycles. The lowest BCUT2D eigenvalue weighted by Gasteiger charge is -1.93. The van der Waals surface area contributed by atoms with Gasteiger partial charge in [-0.2, -0.15) is 4.80 Å². The normalized spacial score (nSPS) is 9.64. The molecule has 0 aromatic carbocycles. The van der Waals surface area contributed by atoms with E-state index in [0.29, 0.717) is 6.42 Å². The smallest absolute Gasteiger partial charge is 0.270 e. The van der Waals surface area contributed by atoms with Gasteiger partial charge in [-0.05, 0) is 5.21 Å². The minimum atomic E-state index is -0.113. The predicted molar refractivity (Wildman–Crippen MR) is 37.7 cm³/mol.